The quantitative estimate of drug-likeness (QED) is 0.631. The Labute approximate surface area is 128 Å². The van der Waals surface area contributed by atoms with Crippen molar-refractivity contribution in [1.82, 2.24) is 4.98 Å². The van der Waals surface area contributed by atoms with E-state index in [1.807, 2.05) is 30.7 Å². The molecular weight excluding hydrogens is 273 g/mol. The third-order valence-electron chi connectivity index (χ3n) is 3.83. The molecule has 1 radical (unpaired) electrons. The van der Waals surface area contributed by atoms with Crippen LogP contribution in [0.3, 0.4) is 0 Å². The molecule has 0 saturated heterocycles. The van der Waals surface area contributed by atoms with Crippen molar-refractivity contribution in [2.75, 3.05) is 0 Å². The van der Waals surface area contributed by atoms with Gasteiger partial charge in [0, 0.05) is 17.4 Å². The molecule has 0 unspecified atom stereocenters. The Balaban J connectivity index is 1.97. The monoisotopic (exact) mass is 286 g/mol. The van der Waals surface area contributed by atoms with E-state index in [1.165, 1.54) is 17.7 Å². The first-order valence-corrected chi connectivity index (χ1v) is 7.19. The molecule has 2 heteroatoms. The minimum Gasteiger partial charge on any atom is -0.248 e. The van der Waals surface area contributed by atoms with Crippen LogP contribution < -0.4 is 0 Å². The van der Waals surface area contributed by atoms with Crippen molar-refractivity contribution in [3.8, 4) is 11.3 Å². The first-order valence-electron chi connectivity index (χ1n) is 7.19. The lowest BCUT2D eigenvalue weighted by molar-refractivity contribution is 0.628. The number of hydrogen-bond acceptors (Lipinski definition) is 1. The summed E-state index contributed by atoms with van der Waals surface area (Å²) in [6.45, 7) is 0. The highest BCUT2D eigenvalue weighted by Gasteiger charge is 2.11. The summed E-state index contributed by atoms with van der Waals surface area (Å²) in [4.78, 5) is 4.72. The van der Waals surface area contributed by atoms with E-state index < -0.39 is 0 Å². The summed E-state index contributed by atoms with van der Waals surface area (Å²) in [7, 11) is 0. The first kappa shape index (κ1) is 13.0. The second kappa shape index (κ2) is 5.23. The number of nitrogens with zero attached hydrogens (tertiary/aromatic N) is 1. The standard InChI is InChI=1S/C20H13FN/c21-16-11-9-15(10-12-16)20-13-18(14-5-1-2-6-14)17-7-3-4-8-19(17)22-20/h1-13H. The number of halogens is 1. The average molecular weight is 286 g/mol. The molecule has 0 N–H and O–H groups in total. The van der Waals surface area contributed by atoms with E-state index in [9.17, 15) is 4.39 Å². The van der Waals surface area contributed by atoms with Crippen LogP contribution in [0.15, 0.2) is 72.8 Å². The Morgan fingerprint density at radius 2 is 1.73 bits per heavy atom. The SMILES string of the molecule is Fc1ccc(-c2cc(C3=C[CH]C=C3)c3ccccc3n2)cc1. The van der Waals surface area contributed by atoms with Gasteiger partial charge in [0.05, 0.1) is 11.2 Å². The van der Waals surface area contributed by atoms with Gasteiger partial charge in [-0.2, -0.15) is 0 Å². The predicted molar refractivity (Wildman–Crippen MR) is 88.6 cm³/mol. The van der Waals surface area contributed by atoms with Gasteiger partial charge in [-0.1, -0.05) is 36.4 Å². The molecule has 0 aliphatic heterocycles. The molecule has 1 nitrogen and oxygen atoms in total. The molecule has 1 aliphatic rings. The largest absolute Gasteiger partial charge is 0.248 e. The van der Waals surface area contributed by atoms with Crippen LogP contribution in [0, 0.1) is 12.2 Å². The highest BCUT2D eigenvalue weighted by molar-refractivity contribution is 5.97. The number of allylic oxidation sites excluding steroid dienone is 4. The van der Waals surface area contributed by atoms with E-state index >= 15 is 0 Å². The molecule has 0 spiro atoms. The van der Waals surface area contributed by atoms with Crippen molar-refractivity contribution in [3.63, 3.8) is 0 Å². The molecule has 0 saturated carbocycles. The Kier molecular flexibility index (Phi) is 3.08. The summed E-state index contributed by atoms with van der Waals surface area (Å²) in [5.74, 6) is -0.235. The smallest absolute Gasteiger partial charge is 0.123 e. The van der Waals surface area contributed by atoms with E-state index in [4.69, 9.17) is 4.98 Å². The summed E-state index contributed by atoms with van der Waals surface area (Å²) < 4.78 is 13.1. The van der Waals surface area contributed by atoms with E-state index in [0.717, 1.165) is 27.7 Å². The second-order valence-corrected chi connectivity index (χ2v) is 5.25. The number of hydrogen-bond donors (Lipinski definition) is 0. The Morgan fingerprint density at radius 1 is 0.909 bits per heavy atom. The Hall–Kier alpha value is -2.74. The van der Waals surface area contributed by atoms with Crippen molar-refractivity contribution in [3.05, 3.63) is 90.6 Å². The summed E-state index contributed by atoms with van der Waals surface area (Å²) >= 11 is 0. The fraction of sp³-hybridized carbons (Fsp3) is 0. The Morgan fingerprint density at radius 3 is 2.50 bits per heavy atom. The van der Waals surface area contributed by atoms with Crippen LogP contribution in [0.5, 0.6) is 0 Å². The molecule has 1 aliphatic carbocycles. The van der Waals surface area contributed by atoms with Gasteiger partial charge in [-0.3, -0.25) is 0 Å². The molecule has 105 valence electrons. The van der Waals surface area contributed by atoms with E-state index in [-0.39, 0.29) is 5.82 Å². The summed E-state index contributed by atoms with van der Waals surface area (Å²) in [5, 5.41) is 1.12. The second-order valence-electron chi connectivity index (χ2n) is 5.25. The summed E-state index contributed by atoms with van der Waals surface area (Å²) in [6.07, 6.45) is 8.25. The third-order valence-corrected chi connectivity index (χ3v) is 3.83. The van der Waals surface area contributed by atoms with Gasteiger partial charge in [0.1, 0.15) is 5.82 Å². The minimum absolute atomic E-state index is 0.235. The molecule has 3 aromatic rings. The highest BCUT2D eigenvalue weighted by Crippen LogP contribution is 2.31. The summed E-state index contributed by atoms with van der Waals surface area (Å²) in [5.41, 5.74) is 5.03. The van der Waals surface area contributed by atoms with Crippen LogP contribution in [0.1, 0.15) is 5.56 Å². The maximum absolute atomic E-state index is 13.1. The van der Waals surface area contributed by atoms with Crippen molar-refractivity contribution in [2.45, 2.75) is 0 Å². The number of rotatable bonds is 2. The number of fused-ring (bicyclic) bond motifs is 1. The van der Waals surface area contributed by atoms with E-state index in [1.54, 1.807) is 12.1 Å². The molecular formula is C20H13FN. The molecule has 0 atom stereocenters. The van der Waals surface area contributed by atoms with Gasteiger partial charge in [-0.05, 0) is 47.5 Å². The minimum atomic E-state index is -0.235. The van der Waals surface area contributed by atoms with Crippen molar-refractivity contribution < 1.29 is 4.39 Å². The van der Waals surface area contributed by atoms with Gasteiger partial charge in [0.25, 0.3) is 0 Å². The lowest BCUT2D eigenvalue weighted by Gasteiger charge is -2.10. The van der Waals surface area contributed by atoms with Gasteiger partial charge in [0.15, 0.2) is 0 Å². The average Bonchev–Trinajstić information content (AvgIpc) is 3.09. The van der Waals surface area contributed by atoms with Gasteiger partial charge in [0.2, 0.25) is 0 Å². The molecule has 22 heavy (non-hydrogen) atoms. The molecule has 1 heterocycles. The number of pyridine rings is 1. The molecule has 0 bridgehead atoms. The summed E-state index contributed by atoms with van der Waals surface area (Å²) in [6, 6.07) is 16.6. The number of benzene rings is 2. The van der Waals surface area contributed by atoms with Crippen molar-refractivity contribution in [2.24, 2.45) is 0 Å². The normalized spacial score (nSPS) is 13.6. The fourth-order valence-electron chi connectivity index (χ4n) is 2.74. The topological polar surface area (TPSA) is 12.9 Å². The predicted octanol–water partition coefficient (Wildman–Crippen LogP) is 5.20. The van der Waals surface area contributed by atoms with Crippen molar-refractivity contribution >= 4 is 16.5 Å². The van der Waals surface area contributed by atoms with Gasteiger partial charge >= 0.3 is 0 Å². The zero-order valence-corrected chi connectivity index (χ0v) is 11.8. The van der Waals surface area contributed by atoms with Gasteiger partial charge in [-0.25, -0.2) is 9.37 Å². The fourth-order valence-corrected chi connectivity index (χ4v) is 2.74. The number of aromatic nitrogens is 1. The van der Waals surface area contributed by atoms with E-state index in [0.29, 0.717) is 0 Å². The maximum atomic E-state index is 13.1. The molecule has 1 aromatic heterocycles. The third kappa shape index (κ3) is 2.23. The van der Waals surface area contributed by atoms with Gasteiger partial charge < -0.3 is 0 Å². The molecule has 2 aromatic carbocycles. The lowest BCUT2D eigenvalue weighted by atomic mass is 9.99. The van der Waals surface area contributed by atoms with Crippen LogP contribution in [-0.4, -0.2) is 4.98 Å². The highest BCUT2D eigenvalue weighted by atomic mass is 19.1. The molecule has 0 amide bonds. The van der Waals surface area contributed by atoms with Crippen LogP contribution in [0.2, 0.25) is 0 Å². The number of para-hydroxylation sites is 1. The lowest BCUT2D eigenvalue weighted by Crippen LogP contribution is -1.91. The van der Waals surface area contributed by atoms with Gasteiger partial charge in [-0.15, -0.1) is 0 Å². The van der Waals surface area contributed by atoms with Crippen LogP contribution in [0.4, 0.5) is 4.39 Å². The van der Waals surface area contributed by atoms with Crippen molar-refractivity contribution in [1.29, 1.82) is 0 Å². The van der Waals surface area contributed by atoms with Crippen LogP contribution in [0.25, 0.3) is 27.7 Å². The van der Waals surface area contributed by atoms with Crippen LogP contribution >= 0.6 is 0 Å². The maximum Gasteiger partial charge on any atom is 0.123 e. The first-order chi connectivity index (χ1) is 10.8. The van der Waals surface area contributed by atoms with Crippen LogP contribution in [-0.2, 0) is 0 Å². The zero-order chi connectivity index (χ0) is 14.9. The Bertz CT molecular complexity index is 905. The molecule has 0 fully saturated rings. The van der Waals surface area contributed by atoms with E-state index in [2.05, 4.69) is 24.3 Å². The molecule has 4 rings (SSSR count). The zero-order valence-electron chi connectivity index (χ0n) is 11.8.